The Morgan fingerprint density at radius 1 is 1.33 bits per heavy atom. The van der Waals surface area contributed by atoms with Crippen LogP contribution in [0.2, 0.25) is 0 Å². The third-order valence-corrected chi connectivity index (χ3v) is 2.54. The third-order valence-electron chi connectivity index (χ3n) is 2.54. The van der Waals surface area contributed by atoms with Gasteiger partial charge in [-0.1, -0.05) is 32.9 Å². The van der Waals surface area contributed by atoms with Crippen molar-refractivity contribution in [3.8, 4) is 0 Å². The molecule has 0 bridgehead atoms. The average molecular weight is 290 g/mol. The van der Waals surface area contributed by atoms with Gasteiger partial charge in [0.2, 0.25) is 0 Å². The molecule has 3 N–H and O–H groups in total. The Labute approximate surface area is 129 Å². The molecule has 0 aliphatic rings. The summed E-state index contributed by atoms with van der Waals surface area (Å²) in [5.41, 5.74) is 6.56. The zero-order valence-electron chi connectivity index (χ0n) is 13.7. The summed E-state index contributed by atoms with van der Waals surface area (Å²) in [5.74, 6) is 0.917. The fourth-order valence-corrected chi connectivity index (χ4v) is 1.58. The molecule has 0 spiro atoms. The maximum atomic E-state index is 5.52. The number of aliphatic imine (C=N–C) groups is 1. The summed E-state index contributed by atoms with van der Waals surface area (Å²) in [7, 11) is 0. The first-order valence-electron chi connectivity index (χ1n) is 7.91. The highest BCUT2D eigenvalue weighted by atomic mass is 15.0. The van der Waals surface area contributed by atoms with Crippen LogP contribution in [0, 0.1) is 0 Å². The van der Waals surface area contributed by atoms with Gasteiger partial charge in [0, 0.05) is 31.4 Å². The van der Waals surface area contributed by atoms with E-state index in [1.807, 2.05) is 44.3 Å². The van der Waals surface area contributed by atoms with E-state index in [1.165, 1.54) is 0 Å². The summed E-state index contributed by atoms with van der Waals surface area (Å²) < 4.78 is 0. The van der Waals surface area contributed by atoms with Crippen LogP contribution < -0.4 is 11.1 Å². The number of nitrogens with zero attached hydrogens (tertiary/aromatic N) is 2. The van der Waals surface area contributed by atoms with Crippen LogP contribution in [-0.2, 0) is 6.42 Å². The molecule has 0 atom stereocenters. The molecule has 0 radical (unpaired) electrons. The van der Waals surface area contributed by atoms with Gasteiger partial charge >= 0.3 is 0 Å². The molecule has 0 aliphatic carbocycles. The molecule has 0 aliphatic heterocycles. The van der Waals surface area contributed by atoms with Gasteiger partial charge in [-0.2, -0.15) is 0 Å². The number of nitrogens with one attached hydrogen (secondary N) is 1. The van der Waals surface area contributed by atoms with Crippen molar-refractivity contribution >= 4 is 12.0 Å². The van der Waals surface area contributed by atoms with Crippen molar-refractivity contribution in [2.45, 2.75) is 40.0 Å². The molecular formula is C17H30N4. The van der Waals surface area contributed by atoms with Crippen molar-refractivity contribution < 1.29 is 0 Å². The molecule has 1 aromatic rings. The molecule has 0 amide bonds. The SMILES string of the molecule is CC.CC/C=C\C=NCCCNc1cccc(CCN)n1. The number of allylic oxidation sites excluding steroid dienone is 2. The monoisotopic (exact) mass is 290 g/mol. The second-order valence-electron chi connectivity index (χ2n) is 4.22. The molecule has 1 aromatic heterocycles. The van der Waals surface area contributed by atoms with E-state index in [0.29, 0.717) is 6.54 Å². The smallest absolute Gasteiger partial charge is 0.126 e. The van der Waals surface area contributed by atoms with E-state index in [-0.39, 0.29) is 0 Å². The topological polar surface area (TPSA) is 63.3 Å². The van der Waals surface area contributed by atoms with Crippen LogP contribution in [0.25, 0.3) is 0 Å². The van der Waals surface area contributed by atoms with Crippen molar-refractivity contribution in [3.63, 3.8) is 0 Å². The highest BCUT2D eigenvalue weighted by Crippen LogP contribution is 2.05. The lowest BCUT2D eigenvalue weighted by molar-refractivity contribution is 0.867. The predicted octanol–water partition coefficient (Wildman–Crippen LogP) is 3.45. The van der Waals surface area contributed by atoms with Gasteiger partial charge in [-0.3, -0.25) is 4.99 Å². The van der Waals surface area contributed by atoms with E-state index in [2.05, 4.69) is 28.3 Å². The summed E-state index contributed by atoms with van der Waals surface area (Å²) in [6.45, 7) is 8.47. The van der Waals surface area contributed by atoms with Gasteiger partial charge in [0.15, 0.2) is 0 Å². The van der Waals surface area contributed by atoms with Crippen LogP contribution in [0.15, 0.2) is 35.3 Å². The predicted molar refractivity (Wildman–Crippen MR) is 94.2 cm³/mol. The quantitative estimate of drug-likeness (QED) is 0.541. The summed E-state index contributed by atoms with van der Waals surface area (Å²) in [4.78, 5) is 8.78. The van der Waals surface area contributed by atoms with Crippen LogP contribution in [0.5, 0.6) is 0 Å². The van der Waals surface area contributed by atoms with E-state index in [0.717, 1.165) is 43.9 Å². The lowest BCUT2D eigenvalue weighted by Gasteiger charge is -2.06. The van der Waals surface area contributed by atoms with Crippen LogP contribution >= 0.6 is 0 Å². The van der Waals surface area contributed by atoms with Crippen molar-refractivity contribution in [2.75, 3.05) is 25.0 Å². The van der Waals surface area contributed by atoms with Crippen molar-refractivity contribution in [1.29, 1.82) is 0 Å². The zero-order valence-corrected chi connectivity index (χ0v) is 13.7. The highest BCUT2D eigenvalue weighted by Gasteiger charge is 1.96. The lowest BCUT2D eigenvalue weighted by atomic mass is 10.2. The van der Waals surface area contributed by atoms with E-state index in [9.17, 15) is 0 Å². The maximum absolute atomic E-state index is 5.52. The standard InChI is InChI=1S/C15H24N4.C2H6/c1-2-3-4-11-17-12-6-13-18-15-8-5-7-14(19-15)9-10-16;1-2/h3-5,7-8,11H,2,6,9-10,12-13,16H2,1H3,(H,18,19);1-2H3/b4-3-,17-11?;. The number of hydrogen-bond donors (Lipinski definition) is 2. The largest absolute Gasteiger partial charge is 0.370 e. The first kappa shape index (κ1) is 19.3. The molecule has 4 nitrogen and oxygen atoms in total. The van der Waals surface area contributed by atoms with Crippen molar-refractivity contribution in [1.82, 2.24) is 4.98 Å². The van der Waals surface area contributed by atoms with Crippen molar-refractivity contribution in [3.05, 3.63) is 36.0 Å². The van der Waals surface area contributed by atoms with Crippen molar-refractivity contribution in [2.24, 2.45) is 10.7 Å². The molecule has 0 fully saturated rings. The fourth-order valence-electron chi connectivity index (χ4n) is 1.58. The van der Waals surface area contributed by atoms with Gasteiger partial charge in [0.25, 0.3) is 0 Å². The number of pyridine rings is 1. The first-order chi connectivity index (χ1) is 10.4. The van der Waals surface area contributed by atoms with Gasteiger partial charge < -0.3 is 11.1 Å². The molecule has 4 heteroatoms. The molecule has 0 aromatic carbocycles. The Hall–Kier alpha value is -1.68. The van der Waals surface area contributed by atoms with Gasteiger partial charge in [-0.15, -0.1) is 0 Å². The number of hydrogen-bond acceptors (Lipinski definition) is 4. The van der Waals surface area contributed by atoms with E-state index < -0.39 is 0 Å². The lowest BCUT2D eigenvalue weighted by Crippen LogP contribution is -2.08. The molecule has 0 saturated carbocycles. The number of anilines is 1. The molecular weight excluding hydrogens is 260 g/mol. The minimum Gasteiger partial charge on any atom is -0.370 e. The Morgan fingerprint density at radius 2 is 2.14 bits per heavy atom. The Morgan fingerprint density at radius 3 is 2.86 bits per heavy atom. The van der Waals surface area contributed by atoms with Crippen LogP contribution in [0.4, 0.5) is 5.82 Å². The fraction of sp³-hybridized carbons (Fsp3) is 0.529. The first-order valence-corrected chi connectivity index (χ1v) is 7.91. The van der Waals surface area contributed by atoms with E-state index in [4.69, 9.17) is 5.73 Å². The molecule has 1 heterocycles. The summed E-state index contributed by atoms with van der Waals surface area (Å²) in [6.07, 6.45) is 8.82. The second-order valence-corrected chi connectivity index (χ2v) is 4.22. The number of rotatable bonds is 9. The number of aromatic nitrogens is 1. The molecule has 118 valence electrons. The molecule has 1 rings (SSSR count). The third kappa shape index (κ3) is 10.7. The normalized spacial score (nSPS) is 10.7. The zero-order chi connectivity index (χ0) is 15.8. The Bertz CT molecular complexity index is 400. The van der Waals surface area contributed by atoms with Gasteiger partial charge in [-0.05, 0) is 37.6 Å². The van der Waals surface area contributed by atoms with Crippen LogP contribution in [0.1, 0.15) is 39.3 Å². The van der Waals surface area contributed by atoms with Gasteiger partial charge in [0.1, 0.15) is 5.82 Å². The Kier molecular flexibility index (Phi) is 13.5. The highest BCUT2D eigenvalue weighted by molar-refractivity contribution is 5.70. The summed E-state index contributed by atoms with van der Waals surface area (Å²) in [6, 6.07) is 5.99. The second kappa shape index (κ2) is 14.7. The Balaban J connectivity index is 0.00000191. The van der Waals surface area contributed by atoms with Crippen LogP contribution in [0.3, 0.4) is 0 Å². The molecule has 21 heavy (non-hydrogen) atoms. The van der Waals surface area contributed by atoms with Crippen LogP contribution in [-0.4, -0.2) is 30.8 Å². The summed E-state index contributed by atoms with van der Waals surface area (Å²) in [5, 5.41) is 3.30. The maximum Gasteiger partial charge on any atom is 0.126 e. The van der Waals surface area contributed by atoms with Gasteiger partial charge in [0.05, 0.1) is 0 Å². The minimum atomic E-state index is 0.635. The number of nitrogens with two attached hydrogens (primary N) is 1. The summed E-state index contributed by atoms with van der Waals surface area (Å²) >= 11 is 0. The molecule has 0 saturated heterocycles. The van der Waals surface area contributed by atoms with E-state index in [1.54, 1.807) is 0 Å². The average Bonchev–Trinajstić information content (AvgIpc) is 2.53. The van der Waals surface area contributed by atoms with E-state index >= 15 is 0 Å². The minimum absolute atomic E-state index is 0.635. The molecule has 0 unspecified atom stereocenters. The van der Waals surface area contributed by atoms with Gasteiger partial charge in [-0.25, -0.2) is 4.98 Å².